The summed E-state index contributed by atoms with van der Waals surface area (Å²) in [6.07, 6.45) is 0. The number of Topliss-reactive ketones (excluding diaryl/α,β-unsaturated/α-hetero) is 1. The highest BCUT2D eigenvalue weighted by molar-refractivity contribution is 7.99. The second-order valence-electron chi connectivity index (χ2n) is 6.48. The predicted molar refractivity (Wildman–Crippen MR) is 116 cm³/mol. The summed E-state index contributed by atoms with van der Waals surface area (Å²) in [5, 5.41) is 11.5. The molecule has 0 aliphatic heterocycles. The van der Waals surface area contributed by atoms with Gasteiger partial charge in [-0.25, -0.2) is 0 Å². The summed E-state index contributed by atoms with van der Waals surface area (Å²) in [6, 6.07) is 20.0. The van der Waals surface area contributed by atoms with Gasteiger partial charge in [0, 0.05) is 11.3 Å². The molecule has 0 bridgehead atoms. The van der Waals surface area contributed by atoms with E-state index in [0.29, 0.717) is 10.9 Å². The largest absolute Gasteiger partial charge is 0.293 e. The maximum Gasteiger partial charge on any atom is 0.196 e. The molecule has 0 saturated heterocycles. The molecule has 0 amide bonds. The van der Waals surface area contributed by atoms with Crippen LogP contribution < -0.4 is 0 Å². The lowest BCUT2D eigenvalue weighted by molar-refractivity contribution is 0.102. The van der Waals surface area contributed by atoms with E-state index < -0.39 is 0 Å². The van der Waals surface area contributed by atoms with E-state index in [1.54, 1.807) is 11.3 Å². The van der Waals surface area contributed by atoms with E-state index >= 15 is 0 Å². The third-order valence-corrected chi connectivity index (χ3v) is 6.21. The highest BCUT2D eigenvalue weighted by Crippen LogP contribution is 2.30. The number of hydrogen-bond donors (Lipinski definition) is 0. The molecule has 0 N–H and O–H groups in total. The zero-order valence-corrected chi connectivity index (χ0v) is 17.3. The first-order valence-corrected chi connectivity index (χ1v) is 10.8. The highest BCUT2D eigenvalue weighted by atomic mass is 32.2. The van der Waals surface area contributed by atoms with Gasteiger partial charge in [-0.05, 0) is 49.1 Å². The van der Waals surface area contributed by atoms with Crippen LogP contribution in [0.5, 0.6) is 0 Å². The second-order valence-corrected chi connectivity index (χ2v) is 8.37. The number of aryl methyl sites for hydroxylation is 2. The van der Waals surface area contributed by atoms with Gasteiger partial charge in [0.2, 0.25) is 0 Å². The van der Waals surface area contributed by atoms with Crippen LogP contribution in [0.15, 0.2) is 71.2 Å². The van der Waals surface area contributed by atoms with Gasteiger partial charge in [-0.15, -0.1) is 21.5 Å². The Morgan fingerprint density at radius 1 is 1.04 bits per heavy atom. The Kier molecular flexibility index (Phi) is 5.41. The van der Waals surface area contributed by atoms with E-state index in [9.17, 15) is 4.79 Å². The molecule has 0 saturated carbocycles. The Balaban J connectivity index is 1.65. The molecule has 2 aromatic heterocycles. The predicted octanol–water partition coefficient (Wildman–Crippen LogP) is 5.59. The van der Waals surface area contributed by atoms with Crippen molar-refractivity contribution in [3.05, 3.63) is 82.7 Å². The summed E-state index contributed by atoms with van der Waals surface area (Å²) in [5.74, 6) is 1.22. The van der Waals surface area contributed by atoms with Crippen molar-refractivity contribution in [3.8, 4) is 16.4 Å². The van der Waals surface area contributed by atoms with Crippen molar-refractivity contribution < 1.29 is 4.79 Å². The molecule has 0 radical (unpaired) electrons. The van der Waals surface area contributed by atoms with Gasteiger partial charge >= 0.3 is 0 Å². The number of thioether (sulfide) groups is 1. The lowest BCUT2D eigenvalue weighted by Gasteiger charge is -2.10. The second kappa shape index (κ2) is 8.12. The monoisotopic (exact) mass is 405 g/mol. The molecule has 4 nitrogen and oxygen atoms in total. The first kappa shape index (κ1) is 18.7. The average molecular weight is 406 g/mol. The first-order chi connectivity index (χ1) is 13.6. The van der Waals surface area contributed by atoms with Gasteiger partial charge in [-0.3, -0.25) is 9.36 Å². The van der Waals surface area contributed by atoms with Crippen LogP contribution in [0.2, 0.25) is 0 Å². The van der Waals surface area contributed by atoms with E-state index in [2.05, 4.69) is 10.2 Å². The minimum atomic E-state index is 0.103. The van der Waals surface area contributed by atoms with Crippen LogP contribution >= 0.6 is 23.1 Å². The summed E-state index contributed by atoms with van der Waals surface area (Å²) in [5.41, 5.74) is 3.85. The molecular weight excluding hydrogens is 386 g/mol. The maximum absolute atomic E-state index is 12.8. The van der Waals surface area contributed by atoms with Gasteiger partial charge in [-0.2, -0.15) is 0 Å². The molecule has 4 rings (SSSR count). The van der Waals surface area contributed by atoms with Crippen LogP contribution in [0.1, 0.15) is 21.5 Å². The SMILES string of the molecule is Cc1ccc(C)c(C(=O)CSc2nnc(-c3cccs3)n2-c2ccccc2)c1. The average Bonchev–Trinajstić information content (AvgIpc) is 3.38. The molecule has 0 aliphatic rings. The van der Waals surface area contributed by atoms with Gasteiger partial charge in [0.15, 0.2) is 16.8 Å². The van der Waals surface area contributed by atoms with E-state index in [1.807, 2.05) is 84.5 Å². The molecular formula is C22H19N3OS2. The Morgan fingerprint density at radius 2 is 1.86 bits per heavy atom. The summed E-state index contributed by atoms with van der Waals surface area (Å²) in [4.78, 5) is 13.8. The zero-order valence-electron chi connectivity index (χ0n) is 15.6. The Morgan fingerprint density at radius 3 is 2.61 bits per heavy atom. The van der Waals surface area contributed by atoms with Crippen LogP contribution in [0.25, 0.3) is 16.4 Å². The Bertz CT molecular complexity index is 1100. The van der Waals surface area contributed by atoms with Gasteiger partial charge < -0.3 is 0 Å². The quantitative estimate of drug-likeness (QED) is 0.310. The number of benzene rings is 2. The fraction of sp³-hybridized carbons (Fsp3) is 0.136. The molecule has 6 heteroatoms. The van der Waals surface area contributed by atoms with Gasteiger partial charge in [0.25, 0.3) is 0 Å². The summed E-state index contributed by atoms with van der Waals surface area (Å²) >= 11 is 3.05. The minimum Gasteiger partial charge on any atom is -0.293 e. The molecule has 0 spiro atoms. The number of rotatable bonds is 6. The number of carbonyl (C=O) groups excluding carboxylic acids is 1. The van der Waals surface area contributed by atoms with Crippen molar-refractivity contribution in [2.45, 2.75) is 19.0 Å². The highest BCUT2D eigenvalue weighted by Gasteiger charge is 2.18. The molecule has 28 heavy (non-hydrogen) atoms. The molecule has 140 valence electrons. The lowest BCUT2D eigenvalue weighted by atomic mass is 10.0. The van der Waals surface area contributed by atoms with Crippen LogP contribution in [-0.2, 0) is 0 Å². The van der Waals surface area contributed by atoms with Crippen LogP contribution in [0.3, 0.4) is 0 Å². The van der Waals surface area contributed by atoms with Gasteiger partial charge in [0.05, 0.1) is 10.6 Å². The number of nitrogens with zero attached hydrogens (tertiary/aromatic N) is 3. The van der Waals surface area contributed by atoms with Crippen molar-refractivity contribution >= 4 is 28.9 Å². The maximum atomic E-state index is 12.8. The summed E-state index contributed by atoms with van der Waals surface area (Å²) < 4.78 is 2.02. The Hall–Kier alpha value is -2.70. The van der Waals surface area contributed by atoms with Crippen LogP contribution in [-0.4, -0.2) is 26.3 Å². The summed E-state index contributed by atoms with van der Waals surface area (Å²) in [7, 11) is 0. The number of para-hydroxylation sites is 1. The Labute approximate surface area is 172 Å². The lowest BCUT2D eigenvalue weighted by Crippen LogP contribution is -2.07. The third-order valence-electron chi connectivity index (χ3n) is 4.42. The van der Waals surface area contributed by atoms with E-state index in [4.69, 9.17) is 0 Å². The van der Waals surface area contributed by atoms with Crippen molar-refractivity contribution in [1.82, 2.24) is 14.8 Å². The topological polar surface area (TPSA) is 47.8 Å². The van der Waals surface area contributed by atoms with Crippen molar-refractivity contribution in [3.63, 3.8) is 0 Å². The summed E-state index contributed by atoms with van der Waals surface area (Å²) in [6.45, 7) is 3.97. The molecule has 0 unspecified atom stereocenters. The fourth-order valence-electron chi connectivity index (χ4n) is 2.98. The standard InChI is InChI=1S/C22H19N3OS2/c1-15-10-11-16(2)18(13-15)19(26)14-28-22-24-23-21(20-9-6-12-27-20)25(22)17-7-4-3-5-8-17/h3-13H,14H2,1-2H3. The molecule has 2 aromatic carbocycles. The van der Waals surface area contributed by atoms with Crippen LogP contribution in [0, 0.1) is 13.8 Å². The molecule has 0 aliphatic carbocycles. The van der Waals surface area contributed by atoms with E-state index in [0.717, 1.165) is 33.1 Å². The number of ketones is 1. The third kappa shape index (κ3) is 3.79. The molecule has 0 atom stereocenters. The normalized spacial score (nSPS) is 10.9. The van der Waals surface area contributed by atoms with Gasteiger partial charge in [-0.1, -0.05) is 53.7 Å². The van der Waals surface area contributed by atoms with Crippen LogP contribution in [0.4, 0.5) is 0 Å². The molecule has 0 fully saturated rings. The van der Waals surface area contributed by atoms with Crippen molar-refractivity contribution in [2.24, 2.45) is 0 Å². The number of thiophene rings is 1. The first-order valence-electron chi connectivity index (χ1n) is 8.91. The van der Waals surface area contributed by atoms with Crippen molar-refractivity contribution in [2.75, 3.05) is 5.75 Å². The zero-order chi connectivity index (χ0) is 19.5. The number of aromatic nitrogens is 3. The number of carbonyl (C=O) groups is 1. The number of hydrogen-bond acceptors (Lipinski definition) is 5. The van der Waals surface area contributed by atoms with E-state index in [-0.39, 0.29) is 5.78 Å². The van der Waals surface area contributed by atoms with Crippen molar-refractivity contribution in [1.29, 1.82) is 0 Å². The smallest absolute Gasteiger partial charge is 0.196 e. The van der Waals surface area contributed by atoms with E-state index in [1.165, 1.54) is 11.8 Å². The minimum absolute atomic E-state index is 0.103. The molecule has 4 aromatic rings. The fourth-order valence-corrected chi connectivity index (χ4v) is 4.52. The molecule has 2 heterocycles. The van der Waals surface area contributed by atoms with Gasteiger partial charge in [0.1, 0.15) is 0 Å².